The monoisotopic (exact) mass is 250 g/mol. The highest BCUT2D eigenvalue weighted by atomic mass is 35.5. The summed E-state index contributed by atoms with van der Waals surface area (Å²) in [6, 6.07) is 1.77. The van der Waals surface area contributed by atoms with Crippen molar-refractivity contribution in [3.8, 4) is 0 Å². The van der Waals surface area contributed by atoms with E-state index in [1.807, 2.05) is 0 Å². The van der Waals surface area contributed by atoms with Crippen LogP contribution in [0.3, 0.4) is 0 Å². The molecule has 2 N–H and O–H groups in total. The fourth-order valence-electron chi connectivity index (χ4n) is 1.45. The van der Waals surface area contributed by atoms with E-state index in [-0.39, 0.29) is 5.28 Å². The number of hydrogen-bond acceptors (Lipinski definition) is 6. The molecule has 3 heterocycles. The number of nitrogens with one attached hydrogen (secondary N) is 2. The molecule has 7 nitrogen and oxygen atoms in total. The molecule has 3 rings (SSSR count). The zero-order chi connectivity index (χ0) is 11.7. The molecule has 86 valence electrons. The number of nitrogens with zero attached hydrogens (tertiary/aromatic N) is 4. The Kier molecular flexibility index (Phi) is 2.37. The molecule has 8 heteroatoms. The summed E-state index contributed by atoms with van der Waals surface area (Å²) in [4.78, 5) is 8.10. The summed E-state index contributed by atoms with van der Waals surface area (Å²) in [6.07, 6.45) is 3.15. The van der Waals surface area contributed by atoms with Crippen molar-refractivity contribution in [2.45, 2.75) is 6.54 Å². The third-order valence-corrected chi connectivity index (χ3v) is 2.38. The van der Waals surface area contributed by atoms with Gasteiger partial charge in [-0.05, 0) is 11.6 Å². The Morgan fingerprint density at radius 3 is 3.18 bits per heavy atom. The molecule has 0 aliphatic rings. The molecule has 0 unspecified atom stereocenters. The Labute approximate surface area is 100 Å². The Morgan fingerprint density at radius 1 is 1.41 bits per heavy atom. The minimum Gasteiger partial charge on any atom is -0.364 e. The van der Waals surface area contributed by atoms with E-state index in [1.54, 1.807) is 12.3 Å². The van der Waals surface area contributed by atoms with Crippen molar-refractivity contribution in [1.29, 1.82) is 0 Å². The van der Waals surface area contributed by atoms with Gasteiger partial charge in [0.05, 0.1) is 18.1 Å². The maximum Gasteiger partial charge on any atom is 0.226 e. The summed E-state index contributed by atoms with van der Waals surface area (Å²) >= 11 is 5.80. The van der Waals surface area contributed by atoms with Crippen LogP contribution in [-0.4, -0.2) is 25.3 Å². The van der Waals surface area contributed by atoms with Gasteiger partial charge in [-0.1, -0.05) is 5.16 Å². The second-order valence-corrected chi connectivity index (χ2v) is 3.66. The second kappa shape index (κ2) is 4.02. The van der Waals surface area contributed by atoms with Crippen molar-refractivity contribution in [3.05, 3.63) is 29.5 Å². The predicted octanol–water partition coefficient (Wildman–Crippen LogP) is 1.61. The Morgan fingerprint density at radius 2 is 2.35 bits per heavy atom. The zero-order valence-corrected chi connectivity index (χ0v) is 9.27. The number of H-pyrrole nitrogens is 1. The van der Waals surface area contributed by atoms with Gasteiger partial charge in [-0.2, -0.15) is 15.1 Å². The molecule has 0 radical (unpaired) electrons. The van der Waals surface area contributed by atoms with Crippen molar-refractivity contribution >= 4 is 28.5 Å². The molecule has 0 atom stereocenters. The van der Waals surface area contributed by atoms with Crippen LogP contribution in [0.1, 0.15) is 5.69 Å². The topological polar surface area (TPSA) is 92.5 Å². The van der Waals surface area contributed by atoms with Gasteiger partial charge in [-0.25, -0.2) is 0 Å². The molecule has 0 saturated heterocycles. The Hall–Kier alpha value is -2.15. The maximum atomic E-state index is 5.80. The standard InChI is InChI=1S/C9H7ClN6O/c10-9-13-7(6-4-12-15-8(6)14-9)11-3-5-1-2-17-16-5/h1-2,4H,3H2,(H2,11,12,13,14,15). The van der Waals surface area contributed by atoms with Gasteiger partial charge >= 0.3 is 0 Å². The first kappa shape index (κ1) is 10.0. The SMILES string of the molecule is Clc1nc(NCc2ccon2)c2cn[nH]c2n1. The summed E-state index contributed by atoms with van der Waals surface area (Å²) in [7, 11) is 0. The number of anilines is 1. The lowest BCUT2D eigenvalue weighted by molar-refractivity contribution is 0.412. The minimum atomic E-state index is 0.157. The van der Waals surface area contributed by atoms with Crippen molar-refractivity contribution in [1.82, 2.24) is 25.3 Å². The van der Waals surface area contributed by atoms with E-state index in [9.17, 15) is 0 Å². The number of fused-ring (bicyclic) bond motifs is 1. The number of aromatic nitrogens is 5. The Balaban J connectivity index is 1.91. The van der Waals surface area contributed by atoms with E-state index in [1.165, 1.54) is 6.26 Å². The molecule has 17 heavy (non-hydrogen) atoms. The average molecular weight is 251 g/mol. The van der Waals surface area contributed by atoms with Crippen molar-refractivity contribution in [2.24, 2.45) is 0 Å². The zero-order valence-electron chi connectivity index (χ0n) is 8.51. The summed E-state index contributed by atoms with van der Waals surface area (Å²) in [6.45, 7) is 0.490. The summed E-state index contributed by atoms with van der Waals surface area (Å²) in [5.74, 6) is 0.608. The average Bonchev–Trinajstić information content (AvgIpc) is 2.95. The highest BCUT2D eigenvalue weighted by Gasteiger charge is 2.08. The molecule has 0 aliphatic carbocycles. The fraction of sp³-hybridized carbons (Fsp3) is 0.111. The molecule has 3 aromatic rings. The quantitative estimate of drug-likeness (QED) is 0.686. The molecule has 0 amide bonds. The molecule has 0 spiro atoms. The van der Waals surface area contributed by atoms with E-state index in [0.717, 1.165) is 11.1 Å². The third-order valence-electron chi connectivity index (χ3n) is 2.21. The van der Waals surface area contributed by atoms with Crippen LogP contribution < -0.4 is 5.32 Å². The van der Waals surface area contributed by atoms with E-state index in [2.05, 4.69) is 30.6 Å². The lowest BCUT2D eigenvalue weighted by Crippen LogP contribution is -2.02. The maximum absolute atomic E-state index is 5.80. The van der Waals surface area contributed by atoms with E-state index in [0.29, 0.717) is 18.0 Å². The van der Waals surface area contributed by atoms with Gasteiger partial charge < -0.3 is 9.84 Å². The summed E-state index contributed by atoms with van der Waals surface area (Å²) in [5, 5.41) is 14.4. The van der Waals surface area contributed by atoms with Crippen LogP contribution in [0, 0.1) is 0 Å². The normalized spacial score (nSPS) is 10.9. The highest BCUT2D eigenvalue weighted by Crippen LogP contribution is 2.20. The first-order valence-corrected chi connectivity index (χ1v) is 5.20. The number of rotatable bonds is 3. The van der Waals surface area contributed by atoms with Crippen molar-refractivity contribution in [3.63, 3.8) is 0 Å². The molecule has 0 aromatic carbocycles. The van der Waals surface area contributed by atoms with Gasteiger partial charge in [-0.3, -0.25) is 5.10 Å². The first-order chi connectivity index (χ1) is 8.33. The van der Waals surface area contributed by atoms with Crippen LogP contribution in [0.25, 0.3) is 11.0 Å². The lowest BCUT2D eigenvalue weighted by atomic mass is 10.3. The first-order valence-electron chi connectivity index (χ1n) is 4.82. The Bertz CT molecular complexity index is 634. The van der Waals surface area contributed by atoms with Crippen molar-refractivity contribution in [2.75, 3.05) is 5.32 Å². The summed E-state index contributed by atoms with van der Waals surface area (Å²) < 4.78 is 4.73. The van der Waals surface area contributed by atoms with Gasteiger partial charge in [0, 0.05) is 6.07 Å². The summed E-state index contributed by atoms with van der Waals surface area (Å²) in [5.41, 5.74) is 1.36. The van der Waals surface area contributed by atoms with Crippen LogP contribution in [0.2, 0.25) is 5.28 Å². The largest absolute Gasteiger partial charge is 0.364 e. The number of hydrogen-bond donors (Lipinski definition) is 2. The number of aromatic amines is 1. The molecule has 3 aromatic heterocycles. The van der Waals surface area contributed by atoms with Crippen LogP contribution in [0.5, 0.6) is 0 Å². The van der Waals surface area contributed by atoms with Crippen LogP contribution in [0.4, 0.5) is 5.82 Å². The van der Waals surface area contributed by atoms with Gasteiger partial charge in [0.2, 0.25) is 5.28 Å². The highest BCUT2D eigenvalue weighted by molar-refractivity contribution is 6.28. The van der Waals surface area contributed by atoms with Gasteiger partial charge in [0.1, 0.15) is 17.8 Å². The molecule has 0 bridgehead atoms. The van der Waals surface area contributed by atoms with Gasteiger partial charge in [0.15, 0.2) is 5.65 Å². The smallest absolute Gasteiger partial charge is 0.226 e. The van der Waals surface area contributed by atoms with Crippen LogP contribution in [-0.2, 0) is 6.54 Å². The lowest BCUT2D eigenvalue weighted by Gasteiger charge is -2.04. The molecule has 0 saturated carbocycles. The predicted molar refractivity (Wildman–Crippen MR) is 60.5 cm³/mol. The van der Waals surface area contributed by atoms with E-state index in [4.69, 9.17) is 16.1 Å². The van der Waals surface area contributed by atoms with E-state index >= 15 is 0 Å². The van der Waals surface area contributed by atoms with Crippen LogP contribution in [0.15, 0.2) is 23.0 Å². The second-order valence-electron chi connectivity index (χ2n) is 3.32. The molecule has 0 aliphatic heterocycles. The molecular weight excluding hydrogens is 244 g/mol. The number of halogens is 1. The fourth-order valence-corrected chi connectivity index (χ4v) is 1.61. The molecular formula is C9H7ClN6O. The van der Waals surface area contributed by atoms with E-state index < -0.39 is 0 Å². The van der Waals surface area contributed by atoms with Gasteiger partial charge in [0.25, 0.3) is 0 Å². The van der Waals surface area contributed by atoms with Crippen molar-refractivity contribution < 1.29 is 4.52 Å². The minimum absolute atomic E-state index is 0.157. The third kappa shape index (κ3) is 1.92. The van der Waals surface area contributed by atoms with Crippen LogP contribution >= 0.6 is 11.6 Å². The van der Waals surface area contributed by atoms with Gasteiger partial charge in [-0.15, -0.1) is 0 Å². The molecule has 0 fully saturated rings.